The van der Waals surface area contributed by atoms with Gasteiger partial charge in [-0.15, -0.1) is 0 Å². The SMILES string of the molecule is COC(=O)c1ccc(-c2ccc([C@H]3[C@@H](c4ccccn4)NC(=S)N3c3ccc(N4CCC(C)CC4)c(Cl)c3)o2)cc1. The Bertz CT molecular complexity index is 1550. The number of hydrogen-bond donors (Lipinski definition) is 1. The molecular weight excluding hydrogens is 556 g/mol. The van der Waals surface area contributed by atoms with Crippen LogP contribution in [0.3, 0.4) is 0 Å². The molecular formula is C32H31ClN4O3S. The second-order valence-corrected chi connectivity index (χ2v) is 11.4. The van der Waals surface area contributed by atoms with Crippen LogP contribution in [0.1, 0.15) is 53.7 Å². The number of thiocarbonyl (C=S) groups is 1. The molecule has 4 heterocycles. The lowest BCUT2D eigenvalue weighted by molar-refractivity contribution is 0.0600. The zero-order valence-corrected chi connectivity index (χ0v) is 24.5. The van der Waals surface area contributed by atoms with Gasteiger partial charge in [0.1, 0.15) is 17.6 Å². The first-order valence-corrected chi connectivity index (χ1v) is 14.5. The van der Waals surface area contributed by atoms with Gasteiger partial charge in [0.05, 0.1) is 35.1 Å². The highest BCUT2D eigenvalue weighted by atomic mass is 35.5. The summed E-state index contributed by atoms with van der Waals surface area (Å²) in [5.41, 5.74) is 4.11. The summed E-state index contributed by atoms with van der Waals surface area (Å²) in [5.74, 6) is 1.77. The molecule has 41 heavy (non-hydrogen) atoms. The maximum Gasteiger partial charge on any atom is 0.337 e. The minimum atomic E-state index is -0.379. The van der Waals surface area contributed by atoms with E-state index in [1.165, 1.54) is 7.11 Å². The van der Waals surface area contributed by atoms with E-state index in [4.69, 9.17) is 33.0 Å². The highest BCUT2D eigenvalue weighted by Gasteiger charge is 2.43. The van der Waals surface area contributed by atoms with Gasteiger partial charge in [0, 0.05) is 30.5 Å². The zero-order chi connectivity index (χ0) is 28.5. The molecule has 7 nitrogen and oxygen atoms in total. The van der Waals surface area contributed by atoms with Crippen LogP contribution in [-0.4, -0.2) is 36.3 Å². The number of carbonyl (C=O) groups is 1. The van der Waals surface area contributed by atoms with E-state index in [0.29, 0.717) is 21.5 Å². The topological polar surface area (TPSA) is 70.8 Å². The average Bonchev–Trinajstić information content (AvgIpc) is 3.62. The number of rotatable bonds is 6. The van der Waals surface area contributed by atoms with Crippen molar-refractivity contribution in [3.05, 3.63) is 101 Å². The van der Waals surface area contributed by atoms with Crippen LogP contribution in [0.5, 0.6) is 0 Å². The number of esters is 1. The van der Waals surface area contributed by atoms with Crippen molar-refractivity contribution >= 4 is 46.3 Å². The van der Waals surface area contributed by atoms with Gasteiger partial charge in [-0.1, -0.05) is 36.7 Å². The lowest BCUT2D eigenvalue weighted by Gasteiger charge is -2.33. The molecule has 0 radical (unpaired) electrons. The fraction of sp³-hybridized carbons (Fsp3) is 0.281. The lowest BCUT2D eigenvalue weighted by Crippen LogP contribution is -2.33. The van der Waals surface area contributed by atoms with Crippen LogP contribution in [-0.2, 0) is 4.74 Å². The molecule has 1 N–H and O–H groups in total. The monoisotopic (exact) mass is 586 g/mol. The molecule has 2 fully saturated rings. The number of nitrogens with one attached hydrogen (secondary N) is 1. The predicted molar refractivity (Wildman–Crippen MR) is 165 cm³/mol. The van der Waals surface area contributed by atoms with Gasteiger partial charge in [-0.05, 0) is 85.6 Å². The van der Waals surface area contributed by atoms with Crippen molar-refractivity contribution in [1.29, 1.82) is 0 Å². The summed E-state index contributed by atoms with van der Waals surface area (Å²) < 4.78 is 11.3. The van der Waals surface area contributed by atoms with Crippen LogP contribution in [0.4, 0.5) is 11.4 Å². The molecule has 0 amide bonds. The third-order valence-corrected chi connectivity index (χ3v) is 8.56. The van der Waals surface area contributed by atoms with E-state index in [1.807, 2.05) is 48.5 Å². The number of hydrogen-bond acceptors (Lipinski definition) is 6. The van der Waals surface area contributed by atoms with Gasteiger partial charge < -0.3 is 24.3 Å². The first-order chi connectivity index (χ1) is 19.9. The Hall–Kier alpha value is -3.88. The number of halogens is 1. The van der Waals surface area contributed by atoms with Crippen molar-refractivity contribution in [3.63, 3.8) is 0 Å². The Morgan fingerprint density at radius 1 is 1.07 bits per heavy atom. The van der Waals surface area contributed by atoms with Crippen LogP contribution in [0.2, 0.25) is 5.02 Å². The van der Waals surface area contributed by atoms with Gasteiger partial charge in [-0.25, -0.2) is 4.79 Å². The average molecular weight is 587 g/mol. The van der Waals surface area contributed by atoms with Crippen LogP contribution in [0, 0.1) is 5.92 Å². The molecule has 0 aliphatic carbocycles. The number of aromatic nitrogens is 1. The summed E-state index contributed by atoms with van der Waals surface area (Å²) in [6.45, 7) is 4.31. The smallest absolute Gasteiger partial charge is 0.337 e. The van der Waals surface area contributed by atoms with Crippen molar-refractivity contribution in [1.82, 2.24) is 10.3 Å². The predicted octanol–water partition coefficient (Wildman–Crippen LogP) is 7.20. The van der Waals surface area contributed by atoms with Gasteiger partial charge in [0.25, 0.3) is 0 Å². The van der Waals surface area contributed by atoms with Crippen molar-refractivity contribution in [2.75, 3.05) is 30.0 Å². The van der Waals surface area contributed by atoms with Gasteiger partial charge in [-0.3, -0.25) is 4.98 Å². The van der Waals surface area contributed by atoms with Gasteiger partial charge in [0.2, 0.25) is 0 Å². The van der Waals surface area contributed by atoms with E-state index < -0.39 is 0 Å². The van der Waals surface area contributed by atoms with Crippen molar-refractivity contribution in [2.45, 2.75) is 31.8 Å². The highest BCUT2D eigenvalue weighted by molar-refractivity contribution is 7.80. The Balaban J connectivity index is 1.35. The molecule has 2 aliphatic heterocycles. The molecule has 9 heteroatoms. The number of methoxy groups -OCH3 is 1. The van der Waals surface area contributed by atoms with Crippen LogP contribution in [0.25, 0.3) is 11.3 Å². The minimum absolute atomic E-state index is 0.244. The maximum atomic E-state index is 11.9. The zero-order valence-electron chi connectivity index (χ0n) is 22.9. The minimum Gasteiger partial charge on any atom is -0.465 e. The molecule has 0 spiro atoms. The molecule has 2 saturated heterocycles. The van der Waals surface area contributed by atoms with E-state index in [0.717, 1.165) is 60.2 Å². The molecule has 2 aliphatic rings. The molecule has 0 unspecified atom stereocenters. The van der Waals surface area contributed by atoms with Crippen molar-refractivity contribution in [2.24, 2.45) is 5.92 Å². The number of nitrogens with zero attached hydrogens (tertiary/aromatic N) is 3. The molecule has 0 bridgehead atoms. The van der Waals surface area contributed by atoms with E-state index in [2.05, 4.69) is 39.2 Å². The fourth-order valence-corrected chi connectivity index (χ4v) is 6.27. The quantitative estimate of drug-likeness (QED) is 0.188. The molecule has 2 aromatic heterocycles. The molecule has 2 atom stereocenters. The molecule has 210 valence electrons. The van der Waals surface area contributed by atoms with Gasteiger partial charge in [-0.2, -0.15) is 0 Å². The van der Waals surface area contributed by atoms with E-state index in [9.17, 15) is 4.79 Å². The van der Waals surface area contributed by atoms with Crippen LogP contribution in [0.15, 0.2) is 83.4 Å². The normalized spacial score (nSPS) is 19.3. The number of piperidine rings is 1. The number of benzene rings is 2. The Morgan fingerprint density at radius 3 is 2.54 bits per heavy atom. The number of furan rings is 1. The van der Waals surface area contributed by atoms with E-state index in [1.54, 1.807) is 18.3 Å². The molecule has 6 rings (SSSR count). The summed E-state index contributed by atoms with van der Waals surface area (Å²) in [4.78, 5) is 20.9. The third kappa shape index (κ3) is 5.42. The fourth-order valence-electron chi connectivity index (χ4n) is 5.63. The van der Waals surface area contributed by atoms with Crippen molar-refractivity contribution < 1.29 is 13.9 Å². The Morgan fingerprint density at radius 2 is 1.85 bits per heavy atom. The molecule has 0 saturated carbocycles. The van der Waals surface area contributed by atoms with Crippen molar-refractivity contribution in [3.8, 4) is 11.3 Å². The summed E-state index contributed by atoms with van der Waals surface area (Å²) in [7, 11) is 1.37. The number of ether oxygens (including phenoxy) is 1. The molecule has 2 aromatic carbocycles. The first-order valence-electron chi connectivity index (χ1n) is 13.8. The van der Waals surface area contributed by atoms with E-state index >= 15 is 0 Å². The largest absolute Gasteiger partial charge is 0.465 e. The number of anilines is 2. The number of carbonyl (C=O) groups excluding carboxylic acids is 1. The second-order valence-electron chi connectivity index (χ2n) is 10.6. The van der Waals surface area contributed by atoms with Gasteiger partial charge in [0.15, 0.2) is 5.11 Å². The summed E-state index contributed by atoms with van der Waals surface area (Å²) in [5, 5.41) is 4.75. The van der Waals surface area contributed by atoms with Gasteiger partial charge >= 0.3 is 5.97 Å². The van der Waals surface area contributed by atoms with Crippen LogP contribution >= 0.6 is 23.8 Å². The molecule has 4 aromatic rings. The van der Waals surface area contributed by atoms with E-state index in [-0.39, 0.29) is 18.1 Å². The third-order valence-electron chi connectivity index (χ3n) is 7.94. The summed E-state index contributed by atoms with van der Waals surface area (Å²) in [6.07, 6.45) is 4.11. The maximum absolute atomic E-state index is 11.9. The Labute approximate surface area is 250 Å². The standard InChI is InChI=1S/C32H31ClN4O3S/c1-20-14-17-36(18-15-20)26-11-10-23(19-24(26)33)37-30(29(35-32(37)41)25-5-3-4-16-34-25)28-13-12-27(40-28)21-6-8-22(9-7-21)31(38)39-2/h3-13,16,19-20,29-30H,14-15,17-18H2,1-2H3,(H,35,41)/t29-,30+/m1/s1. The van der Waals surface area contributed by atoms with Crippen LogP contribution < -0.4 is 15.1 Å². The Kier molecular flexibility index (Phi) is 7.69. The summed E-state index contributed by atoms with van der Waals surface area (Å²) >= 11 is 12.8. The summed E-state index contributed by atoms with van der Waals surface area (Å²) in [6, 6.07) is 22.5. The highest BCUT2D eigenvalue weighted by Crippen LogP contribution is 2.44. The number of pyridine rings is 1. The second kappa shape index (κ2) is 11.5. The first kappa shape index (κ1) is 27.3. The lowest BCUT2D eigenvalue weighted by atomic mass is 9.98.